The molecule has 5 rings (SSSR count). The van der Waals surface area contributed by atoms with Crippen molar-refractivity contribution >= 4 is 21.4 Å². The highest BCUT2D eigenvalue weighted by Crippen LogP contribution is 2.36. The van der Waals surface area contributed by atoms with E-state index in [1.54, 1.807) is 34.0 Å². The van der Waals surface area contributed by atoms with Gasteiger partial charge in [-0.25, -0.2) is 18.4 Å². The maximum Gasteiger partial charge on any atom is 0.249 e. The lowest BCUT2D eigenvalue weighted by molar-refractivity contribution is 0.144. The van der Waals surface area contributed by atoms with Crippen LogP contribution in [0.3, 0.4) is 0 Å². The van der Waals surface area contributed by atoms with E-state index in [1.165, 1.54) is 4.88 Å². The summed E-state index contributed by atoms with van der Waals surface area (Å²) in [4.78, 5) is 12.2. The van der Waals surface area contributed by atoms with Gasteiger partial charge in [0.1, 0.15) is 11.0 Å². The van der Waals surface area contributed by atoms with Crippen LogP contribution in [0.1, 0.15) is 16.1 Å². The molecule has 0 N–H and O–H groups in total. The second kappa shape index (κ2) is 7.73. The molecule has 0 saturated carbocycles. The van der Waals surface area contributed by atoms with Crippen molar-refractivity contribution in [2.75, 3.05) is 13.1 Å². The third-order valence-corrected chi connectivity index (χ3v) is 8.47. The molecular formula is C21H22N4O3S2. The van der Waals surface area contributed by atoms with E-state index in [2.05, 4.69) is 14.9 Å². The van der Waals surface area contributed by atoms with Crippen molar-refractivity contribution in [1.82, 2.24) is 19.2 Å². The van der Waals surface area contributed by atoms with Gasteiger partial charge in [0.2, 0.25) is 15.9 Å². The van der Waals surface area contributed by atoms with E-state index in [4.69, 9.17) is 4.74 Å². The van der Waals surface area contributed by atoms with Crippen molar-refractivity contribution in [2.45, 2.75) is 37.1 Å². The molecule has 0 bridgehead atoms. The van der Waals surface area contributed by atoms with Gasteiger partial charge < -0.3 is 4.74 Å². The van der Waals surface area contributed by atoms with E-state index < -0.39 is 10.0 Å². The fourth-order valence-electron chi connectivity index (χ4n) is 4.11. The van der Waals surface area contributed by atoms with Gasteiger partial charge in [-0.2, -0.15) is 4.31 Å². The fraction of sp³-hybridized carbons (Fsp3) is 0.333. The van der Waals surface area contributed by atoms with Crippen molar-refractivity contribution in [3.63, 3.8) is 0 Å². The number of sulfonamides is 1. The predicted molar refractivity (Wildman–Crippen MR) is 114 cm³/mol. The smallest absolute Gasteiger partial charge is 0.249 e. The van der Waals surface area contributed by atoms with Crippen molar-refractivity contribution < 1.29 is 13.2 Å². The Morgan fingerprint density at radius 2 is 1.93 bits per heavy atom. The lowest BCUT2D eigenvalue weighted by Crippen LogP contribution is -2.46. The van der Waals surface area contributed by atoms with Crippen LogP contribution in [0.25, 0.3) is 0 Å². The molecule has 0 radical (unpaired) electrons. The molecule has 1 saturated heterocycles. The van der Waals surface area contributed by atoms with E-state index >= 15 is 0 Å². The van der Waals surface area contributed by atoms with Gasteiger partial charge in [-0.3, -0.25) is 4.90 Å². The fourth-order valence-corrected chi connectivity index (χ4v) is 6.63. The van der Waals surface area contributed by atoms with Crippen LogP contribution in [0.15, 0.2) is 59.1 Å². The molecule has 2 aliphatic rings. The summed E-state index contributed by atoms with van der Waals surface area (Å²) in [5.41, 5.74) is 3.82. The topological polar surface area (TPSA) is 75.6 Å². The van der Waals surface area contributed by atoms with Gasteiger partial charge in [-0.05, 0) is 24.6 Å². The Kier molecular flexibility index (Phi) is 5.06. The van der Waals surface area contributed by atoms with E-state index in [0.29, 0.717) is 19.6 Å². The molecule has 4 heterocycles. The average Bonchev–Trinajstić information content (AvgIpc) is 3.31. The molecule has 1 fully saturated rings. The van der Waals surface area contributed by atoms with Crippen molar-refractivity contribution in [2.24, 2.45) is 0 Å². The highest BCUT2D eigenvalue weighted by molar-refractivity contribution is 7.89. The van der Waals surface area contributed by atoms with Crippen LogP contribution in [0.4, 0.5) is 0 Å². The second-order valence-electron chi connectivity index (χ2n) is 7.62. The highest BCUT2D eigenvalue weighted by Gasteiger charge is 2.47. The summed E-state index contributed by atoms with van der Waals surface area (Å²) in [7, 11) is -3.76. The molecule has 9 heteroatoms. The number of benzene rings is 1. The van der Waals surface area contributed by atoms with Crippen molar-refractivity contribution in [3.05, 3.63) is 70.3 Å². The molecule has 0 amide bonds. The van der Waals surface area contributed by atoms with Crippen LogP contribution in [-0.2, 0) is 23.1 Å². The van der Waals surface area contributed by atoms with Gasteiger partial charge in [0.15, 0.2) is 0 Å². The number of nitrogens with zero attached hydrogens (tertiary/aromatic N) is 4. The lowest BCUT2D eigenvalue weighted by Gasteiger charge is -2.28. The zero-order chi connectivity index (χ0) is 20.7. The molecule has 2 atom stereocenters. The zero-order valence-corrected chi connectivity index (χ0v) is 18.1. The number of ether oxygens (including phenoxy) is 1. The Bertz CT molecular complexity index is 1150. The molecular weight excluding hydrogens is 420 g/mol. The second-order valence-corrected chi connectivity index (χ2v) is 10.4. The average molecular weight is 443 g/mol. The Balaban J connectivity index is 1.51. The Morgan fingerprint density at radius 1 is 1.10 bits per heavy atom. The van der Waals surface area contributed by atoms with E-state index in [9.17, 15) is 8.42 Å². The Morgan fingerprint density at radius 3 is 2.70 bits per heavy atom. The van der Waals surface area contributed by atoms with Gasteiger partial charge in [-0.1, -0.05) is 30.3 Å². The number of hydrogen-bond donors (Lipinski definition) is 0. The molecule has 3 aromatic rings. The molecule has 0 unspecified atom stereocenters. The predicted octanol–water partition coefficient (Wildman–Crippen LogP) is 2.68. The van der Waals surface area contributed by atoms with Crippen molar-refractivity contribution in [3.8, 4) is 5.88 Å². The summed E-state index contributed by atoms with van der Waals surface area (Å²) in [6, 6.07) is 12.6. The van der Waals surface area contributed by atoms with Gasteiger partial charge in [0, 0.05) is 37.3 Å². The van der Waals surface area contributed by atoms with Crippen LogP contribution in [0.5, 0.6) is 5.88 Å². The minimum absolute atomic E-state index is 0.139. The first kappa shape index (κ1) is 19.6. The third kappa shape index (κ3) is 3.51. The summed E-state index contributed by atoms with van der Waals surface area (Å²) < 4.78 is 35.0. The number of hydrogen-bond acceptors (Lipinski definition) is 7. The van der Waals surface area contributed by atoms with Crippen LogP contribution < -0.4 is 4.74 Å². The van der Waals surface area contributed by atoms with Crippen LogP contribution in [0.2, 0.25) is 0 Å². The summed E-state index contributed by atoms with van der Waals surface area (Å²) >= 11 is 1.63. The first-order valence-corrected chi connectivity index (χ1v) is 12.1. The number of thiazole rings is 1. The van der Waals surface area contributed by atoms with Gasteiger partial charge in [0.25, 0.3) is 0 Å². The molecule has 2 aromatic heterocycles. The number of rotatable bonds is 4. The molecule has 30 heavy (non-hydrogen) atoms. The molecule has 7 nitrogen and oxygen atoms in total. The third-order valence-electron chi connectivity index (χ3n) is 5.66. The maximum absolute atomic E-state index is 13.6. The van der Waals surface area contributed by atoms with E-state index in [1.807, 2.05) is 42.8 Å². The monoisotopic (exact) mass is 442 g/mol. The SMILES string of the molecule is Cc1ncsc1CN1C[C@@H]2Oc3ncccc3S(=O)(=O)N(Cc3ccccc3)[C@H]2C1. The molecule has 156 valence electrons. The summed E-state index contributed by atoms with van der Waals surface area (Å²) in [5, 5.41) is 0. The van der Waals surface area contributed by atoms with Crippen molar-refractivity contribution in [1.29, 1.82) is 0 Å². The highest BCUT2D eigenvalue weighted by atomic mass is 32.2. The summed E-state index contributed by atoms with van der Waals surface area (Å²) in [5.74, 6) is 0.193. The Labute approximate surface area is 180 Å². The van der Waals surface area contributed by atoms with E-state index in [-0.39, 0.29) is 22.9 Å². The van der Waals surface area contributed by atoms with Gasteiger partial charge in [0.05, 0.1) is 17.2 Å². The maximum atomic E-state index is 13.6. The minimum Gasteiger partial charge on any atom is -0.470 e. The minimum atomic E-state index is -3.76. The number of pyridine rings is 1. The first-order valence-electron chi connectivity index (χ1n) is 9.81. The lowest BCUT2D eigenvalue weighted by atomic mass is 10.1. The first-order chi connectivity index (χ1) is 14.5. The van der Waals surface area contributed by atoms with Gasteiger partial charge >= 0.3 is 0 Å². The normalized spacial score (nSPS) is 23.4. The number of aryl methyl sites for hydroxylation is 1. The zero-order valence-electron chi connectivity index (χ0n) is 16.5. The Hall–Kier alpha value is -2.33. The van der Waals surface area contributed by atoms with Gasteiger partial charge in [-0.15, -0.1) is 11.3 Å². The number of fused-ring (bicyclic) bond motifs is 2. The molecule has 0 aliphatic carbocycles. The van der Waals surface area contributed by atoms with Crippen LogP contribution in [0, 0.1) is 6.92 Å². The standard InChI is InChI=1S/C21H22N4O3S2/c1-15-19(29-14-23-15)13-24-11-17-18(12-24)28-21-20(8-5-9-22-21)30(26,27)25(17)10-16-6-3-2-4-7-16/h2-9,14,17-18H,10-13H2,1H3/t17-,18-/m0/s1. The molecule has 1 aromatic carbocycles. The summed E-state index contributed by atoms with van der Waals surface area (Å²) in [6.45, 7) is 4.28. The van der Waals surface area contributed by atoms with Crippen LogP contribution in [-0.4, -0.2) is 52.8 Å². The van der Waals surface area contributed by atoms with Crippen LogP contribution >= 0.6 is 11.3 Å². The number of likely N-dealkylation sites (tertiary alicyclic amines) is 1. The largest absolute Gasteiger partial charge is 0.470 e. The molecule has 2 aliphatic heterocycles. The quantitative estimate of drug-likeness (QED) is 0.618. The summed E-state index contributed by atoms with van der Waals surface area (Å²) in [6.07, 6.45) is 1.29. The molecule has 0 spiro atoms. The van der Waals surface area contributed by atoms with E-state index in [0.717, 1.165) is 17.8 Å². The number of aromatic nitrogens is 2.